The largest absolute Gasteiger partial charge is 0.330 e. The van der Waals surface area contributed by atoms with E-state index in [1.54, 1.807) is 13.0 Å². The second-order valence-electron chi connectivity index (χ2n) is 3.33. The summed E-state index contributed by atoms with van der Waals surface area (Å²) >= 11 is 0. The molecule has 3 heteroatoms. The minimum absolute atomic E-state index is 0.0435. The van der Waals surface area contributed by atoms with E-state index in [2.05, 4.69) is 0 Å². The summed E-state index contributed by atoms with van der Waals surface area (Å²) < 4.78 is 12.9. The molecule has 0 bridgehead atoms. The van der Waals surface area contributed by atoms with Crippen LogP contribution < -0.4 is 5.73 Å². The van der Waals surface area contributed by atoms with Crippen molar-refractivity contribution in [2.24, 2.45) is 5.73 Å². The minimum atomic E-state index is -0.360. The van der Waals surface area contributed by atoms with Crippen molar-refractivity contribution < 1.29 is 9.18 Å². The first-order valence-electron chi connectivity index (χ1n) is 4.64. The summed E-state index contributed by atoms with van der Waals surface area (Å²) in [6.45, 7) is 2.25. The lowest BCUT2D eigenvalue weighted by atomic mass is 10.0. The fourth-order valence-corrected chi connectivity index (χ4v) is 1.30. The number of nitrogens with two attached hydrogens (primary N) is 1. The fourth-order valence-electron chi connectivity index (χ4n) is 1.30. The third-order valence-corrected chi connectivity index (χ3v) is 1.97. The van der Waals surface area contributed by atoms with E-state index in [9.17, 15) is 9.18 Å². The third-order valence-electron chi connectivity index (χ3n) is 1.97. The third kappa shape index (κ3) is 2.92. The summed E-state index contributed by atoms with van der Waals surface area (Å²) in [7, 11) is 0. The van der Waals surface area contributed by atoms with Gasteiger partial charge in [-0.3, -0.25) is 4.79 Å². The van der Waals surface area contributed by atoms with E-state index in [0.717, 1.165) is 5.56 Å². The number of benzene rings is 1. The number of rotatable bonds is 4. The van der Waals surface area contributed by atoms with E-state index in [-0.39, 0.29) is 11.6 Å². The highest BCUT2D eigenvalue weighted by Crippen LogP contribution is 2.11. The van der Waals surface area contributed by atoms with Crippen LogP contribution in [-0.4, -0.2) is 12.3 Å². The van der Waals surface area contributed by atoms with Crippen LogP contribution in [0.2, 0.25) is 0 Å². The summed E-state index contributed by atoms with van der Waals surface area (Å²) in [4.78, 5) is 11.5. The van der Waals surface area contributed by atoms with Gasteiger partial charge in [0.05, 0.1) is 0 Å². The van der Waals surface area contributed by atoms with Crippen molar-refractivity contribution in [1.29, 1.82) is 0 Å². The first kappa shape index (κ1) is 10.9. The Morgan fingerprint density at radius 3 is 2.71 bits per heavy atom. The molecule has 0 unspecified atom stereocenters. The van der Waals surface area contributed by atoms with Crippen molar-refractivity contribution in [3.63, 3.8) is 0 Å². The highest BCUT2D eigenvalue weighted by atomic mass is 19.1. The van der Waals surface area contributed by atoms with Crippen molar-refractivity contribution in [2.75, 3.05) is 6.54 Å². The maximum atomic E-state index is 12.9. The highest BCUT2D eigenvalue weighted by molar-refractivity contribution is 5.96. The molecule has 0 aliphatic carbocycles. The molecule has 2 N–H and O–H groups in total. The van der Waals surface area contributed by atoms with E-state index in [1.165, 1.54) is 12.1 Å². The van der Waals surface area contributed by atoms with Crippen LogP contribution in [0, 0.1) is 12.7 Å². The molecule has 0 aliphatic rings. The number of hydrogen-bond acceptors (Lipinski definition) is 2. The van der Waals surface area contributed by atoms with E-state index in [4.69, 9.17) is 5.73 Å². The minimum Gasteiger partial charge on any atom is -0.330 e. The van der Waals surface area contributed by atoms with Crippen molar-refractivity contribution in [2.45, 2.75) is 19.8 Å². The number of carbonyl (C=O) groups is 1. The zero-order valence-corrected chi connectivity index (χ0v) is 8.22. The predicted octanol–water partition coefficient (Wildman–Crippen LogP) is 2.06. The summed E-state index contributed by atoms with van der Waals surface area (Å²) in [6, 6.07) is 4.37. The fraction of sp³-hybridized carbons (Fsp3) is 0.364. The van der Waals surface area contributed by atoms with Crippen molar-refractivity contribution in [3.8, 4) is 0 Å². The topological polar surface area (TPSA) is 43.1 Å². The molecule has 0 saturated carbocycles. The van der Waals surface area contributed by atoms with Gasteiger partial charge in [-0.05, 0) is 43.7 Å². The van der Waals surface area contributed by atoms with Crippen molar-refractivity contribution in [1.82, 2.24) is 0 Å². The molecule has 0 radical (unpaired) electrons. The lowest BCUT2D eigenvalue weighted by Gasteiger charge is -2.01. The maximum Gasteiger partial charge on any atom is 0.163 e. The van der Waals surface area contributed by atoms with Gasteiger partial charge < -0.3 is 5.73 Å². The van der Waals surface area contributed by atoms with Crippen LogP contribution in [0.15, 0.2) is 18.2 Å². The van der Waals surface area contributed by atoms with Crippen LogP contribution in [-0.2, 0) is 0 Å². The maximum absolute atomic E-state index is 12.9. The number of carbonyl (C=O) groups excluding carboxylic acids is 1. The smallest absolute Gasteiger partial charge is 0.163 e. The second-order valence-corrected chi connectivity index (χ2v) is 3.33. The lowest BCUT2D eigenvalue weighted by molar-refractivity contribution is 0.0980. The van der Waals surface area contributed by atoms with Crippen LogP contribution in [0.4, 0.5) is 4.39 Å². The van der Waals surface area contributed by atoms with Crippen LogP contribution in [0.1, 0.15) is 28.8 Å². The summed E-state index contributed by atoms with van der Waals surface area (Å²) in [5, 5.41) is 0. The molecule has 0 atom stereocenters. The Kier molecular flexibility index (Phi) is 3.77. The monoisotopic (exact) mass is 195 g/mol. The normalized spacial score (nSPS) is 10.2. The van der Waals surface area contributed by atoms with Gasteiger partial charge in [-0.15, -0.1) is 0 Å². The molecule has 0 aliphatic heterocycles. The Labute approximate surface area is 82.9 Å². The summed E-state index contributed by atoms with van der Waals surface area (Å²) in [5.41, 5.74) is 6.49. The number of halogens is 1. The van der Waals surface area contributed by atoms with Gasteiger partial charge in [0.25, 0.3) is 0 Å². The highest BCUT2D eigenvalue weighted by Gasteiger charge is 2.06. The van der Waals surface area contributed by atoms with Crippen LogP contribution in [0.3, 0.4) is 0 Å². The van der Waals surface area contributed by atoms with Gasteiger partial charge in [0.15, 0.2) is 5.78 Å². The molecule has 0 spiro atoms. The molecule has 76 valence electrons. The quantitative estimate of drug-likeness (QED) is 0.747. The average molecular weight is 195 g/mol. The molecule has 0 aromatic heterocycles. The first-order valence-corrected chi connectivity index (χ1v) is 4.64. The average Bonchev–Trinajstić information content (AvgIpc) is 2.12. The molecular weight excluding hydrogens is 181 g/mol. The Bertz CT molecular complexity index is 316. The molecule has 0 amide bonds. The lowest BCUT2D eigenvalue weighted by Crippen LogP contribution is -2.05. The standard InChI is InChI=1S/C11H14FNO/c1-8-5-9(7-10(12)6-8)11(14)3-2-4-13/h5-7H,2-4,13H2,1H3. The zero-order chi connectivity index (χ0) is 10.6. The molecule has 1 aromatic rings. The molecule has 0 saturated heterocycles. The van der Waals surface area contributed by atoms with Gasteiger partial charge in [0.2, 0.25) is 0 Å². The van der Waals surface area contributed by atoms with Crippen molar-refractivity contribution in [3.05, 3.63) is 35.1 Å². The van der Waals surface area contributed by atoms with E-state index >= 15 is 0 Å². The Balaban J connectivity index is 2.79. The second kappa shape index (κ2) is 4.86. The molecule has 2 nitrogen and oxygen atoms in total. The number of Topliss-reactive ketones (excluding diaryl/α,β-unsaturated/α-hetero) is 1. The van der Waals surface area contributed by atoms with Gasteiger partial charge >= 0.3 is 0 Å². The molecule has 1 rings (SSSR count). The zero-order valence-electron chi connectivity index (χ0n) is 8.22. The number of ketones is 1. The van der Waals surface area contributed by atoms with Crippen molar-refractivity contribution >= 4 is 5.78 Å². The summed E-state index contributed by atoms with van der Waals surface area (Å²) in [6.07, 6.45) is 1.04. The number of aryl methyl sites for hydroxylation is 1. The molecule has 0 heterocycles. The van der Waals surface area contributed by atoms with Gasteiger partial charge in [-0.2, -0.15) is 0 Å². The van der Waals surface area contributed by atoms with E-state index < -0.39 is 0 Å². The Morgan fingerprint density at radius 1 is 1.43 bits per heavy atom. The SMILES string of the molecule is Cc1cc(F)cc(C(=O)CCCN)c1. The molecule has 0 fully saturated rings. The number of hydrogen-bond donors (Lipinski definition) is 1. The van der Waals surface area contributed by atoms with E-state index in [1.807, 2.05) is 0 Å². The molecular formula is C11H14FNO. The van der Waals surface area contributed by atoms with Gasteiger partial charge in [-0.1, -0.05) is 0 Å². The first-order chi connectivity index (χ1) is 6.63. The molecule has 14 heavy (non-hydrogen) atoms. The van der Waals surface area contributed by atoms with Crippen LogP contribution in [0.25, 0.3) is 0 Å². The van der Waals surface area contributed by atoms with Gasteiger partial charge in [0.1, 0.15) is 5.82 Å². The molecule has 1 aromatic carbocycles. The van der Waals surface area contributed by atoms with E-state index in [0.29, 0.717) is 24.9 Å². The van der Waals surface area contributed by atoms with Crippen LogP contribution >= 0.6 is 0 Å². The van der Waals surface area contributed by atoms with Gasteiger partial charge in [0, 0.05) is 12.0 Å². The van der Waals surface area contributed by atoms with Gasteiger partial charge in [-0.25, -0.2) is 4.39 Å². The Hall–Kier alpha value is -1.22. The Morgan fingerprint density at radius 2 is 2.14 bits per heavy atom. The van der Waals surface area contributed by atoms with Crippen LogP contribution in [0.5, 0.6) is 0 Å². The predicted molar refractivity (Wildman–Crippen MR) is 53.8 cm³/mol. The summed E-state index contributed by atoms with van der Waals surface area (Å²) in [5.74, 6) is -0.404.